The van der Waals surface area contributed by atoms with Crippen LogP contribution < -0.4 is 4.72 Å². The Labute approximate surface area is 123 Å². The molecule has 0 amide bonds. The van der Waals surface area contributed by atoms with Crippen LogP contribution in [0.2, 0.25) is 0 Å². The summed E-state index contributed by atoms with van der Waals surface area (Å²) in [6.07, 6.45) is 2.57. The number of aliphatic hydroxyl groups is 1. The van der Waals surface area contributed by atoms with E-state index in [9.17, 15) is 18.3 Å². The fourth-order valence-corrected chi connectivity index (χ4v) is 3.78. The Kier molecular flexibility index (Phi) is 4.65. The van der Waals surface area contributed by atoms with Crippen molar-refractivity contribution in [2.75, 3.05) is 0 Å². The van der Waals surface area contributed by atoms with E-state index in [1.165, 1.54) is 13.0 Å². The fourth-order valence-electron chi connectivity index (χ4n) is 2.47. The Hall–Kier alpha value is -1.44. The van der Waals surface area contributed by atoms with Gasteiger partial charge in [0.2, 0.25) is 10.0 Å². The van der Waals surface area contributed by atoms with Crippen LogP contribution in [0.3, 0.4) is 0 Å². The number of aliphatic hydroxyl groups excluding tert-OH is 1. The van der Waals surface area contributed by atoms with Crippen molar-refractivity contribution in [2.24, 2.45) is 0 Å². The normalized spacial score (nSPS) is 17.8. The topological polar surface area (TPSA) is 104 Å². The molecule has 1 aliphatic carbocycles. The van der Waals surface area contributed by atoms with Crippen LogP contribution in [-0.2, 0) is 27.7 Å². The molecule has 6 nitrogen and oxygen atoms in total. The summed E-state index contributed by atoms with van der Waals surface area (Å²) in [4.78, 5) is 11.0. The van der Waals surface area contributed by atoms with Crippen molar-refractivity contribution < 1.29 is 23.4 Å². The molecule has 0 heterocycles. The van der Waals surface area contributed by atoms with Gasteiger partial charge in [-0.25, -0.2) is 8.42 Å². The van der Waals surface area contributed by atoms with Crippen molar-refractivity contribution in [3.05, 3.63) is 29.3 Å². The van der Waals surface area contributed by atoms with E-state index in [4.69, 9.17) is 5.11 Å². The number of hydrogen-bond donors (Lipinski definition) is 3. The third-order valence-electron chi connectivity index (χ3n) is 3.66. The number of benzene rings is 1. The average Bonchev–Trinajstić information content (AvgIpc) is 2.43. The van der Waals surface area contributed by atoms with E-state index < -0.39 is 28.1 Å². The van der Waals surface area contributed by atoms with Crippen molar-refractivity contribution >= 4 is 16.0 Å². The molecular weight excluding hydrogens is 294 g/mol. The maximum Gasteiger partial charge on any atom is 0.324 e. The molecule has 0 spiro atoms. The van der Waals surface area contributed by atoms with Gasteiger partial charge in [-0.05, 0) is 55.9 Å². The second-order valence-electron chi connectivity index (χ2n) is 5.32. The fraction of sp³-hybridized carbons (Fsp3) is 0.500. The van der Waals surface area contributed by atoms with Crippen molar-refractivity contribution in [1.82, 2.24) is 4.72 Å². The zero-order valence-corrected chi connectivity index (χ0v) is 12.6. The molecule has 116 valence electrons. The van der Waals surface area contributed by atoms with Gasteiger partial charge in [-0.3, -0.25) is 4.79 Å². The largest absolute Gasteiger partial charge is 0.480 e. The van der Waals surface area contributed by atoms with Gasteiger partial charge < -0.3 is 10.2 Å². The molecule has 7 heteroatoms. The average molecular weight is 313 g/mol. The third kappa shape index (κ3) is 3.61. The maximum absolute atomic E-state index is 12.3. The molecule has 0 bridgehead atoms. The quantitative estimate of drug-likeness (QED) is 0.741. The van der Waals surface area contributed by atoms with Gasteiger partial charge in [0.1, 0.15) is 6.04 Å². The van der Waals surface area contributed by atoms with Crippen molar-refractivity contribution in [3.8, 4) is 0 Å². The third-order valence-corrected chi connectivity index (χ3v) is 5.10. The lowest BCUT2D eigenvalue weighted by Crippen LogP contribution is -2.47. The van der Waals surface area contributed by atoms with E-state index in [0.29, 0.717) is 0 Å². The van der Waals surface area contributed by atoms with Crippen LogP contribution in [0.25, 0.3) is 0 Å². The molecule has 1 aromatic carbocycles. The second kappa shape index (κ2) is 6.13. The van der Waals surface area contributed by atoms with Crippen molar-refractivity contribution in [2.45, 2.75) is 49.6 Å². The Morgan fingerprint density at radius 3 is 2.43 bits per heavy atom. The van der Waals surface area contributed by atoms with Crippen molar-refractivity contribution in [3.63, 3.8) is 0 Å². The minimum absolute atomic E-state index is 0.0371. The highest BCUT2D eigenvalue weighted by atomic mass is 32.2. The number of carboxylic acid groups (broad SMARTS) is 1. The van der Waals surface area contributed by atoms with Gasteiger partial charge in [-0.1, -0.05) is 6.07 Å². The van der Waals surface area contributed by atoms with E-state index in [0.717, 1.165) is 36.8 Å². The number of aryl methyl sites for hydroxylation is 2. The summed E-state index contributed by atoms with van der Waals surface area (Å²) in [5, 5.41) is 18.3. The summed E-state index contributed by atoms with van der Waals surface area (Å²) in [6.45, 7) is 1.23. The van der Waals surface area contributed by atoms with Gasteiger partial charge in [0.15, 0.2) is 0 Å². The predicted molar refractivity (Wildman–Crippen MR) is 76.5 cm³/mol. The second-order valence-corrected chi connectivity index (χ2v) is 7.03. The molecule has 1 aromatic rings. The molecule has 2 rings (SSSR count). The van der Waals surface area contributed by atoms with E-state index in [-0.39, 0.29) is 4.90 Å². The maximum atomic E-state index is 12.3. The Bertz CT molecular complexity index is 639. The highest BCUT2D eigenvalue weighted by molar-refractivity contribution is 7.89. The number of hydrogen-bond acceptors (Lipinski definition) is 4. The number of rotatable bonds is 5. The van der Waals surface area contributed by atoms with Crippen LogP contribution in [0.5, 0.6) is 0 Å². The van der Waals surface area contributed by atoms with Crippen LogP contribution >= 0.6 is 0 Å². The first-order chi connectivity index (χ1) is 9.81. The molecule has 3 N–H and O–H groups in total. The zero-order chi connectivity index (χ0) is 15.6. The number of aliphatic carboxylic acids is 1. The molecule has 2 unspecified atom stereocenters. The molecule has 1 aliphatic rings. The first kappa shape index (κ1) is 15.9. The van der Waals surface area contributed by atoms with Crippen molar-refractivity contribution in [1.29, 1.82) is 0 Å². The van der Waals surface area contributed by atoms with E-state index in [2.05, 4.69) is 0 Å². The first-order valence-corrected chi connectivity index (χ1v) is 8.34. The Morgan fingerprint density at radius 2 is 1.86 bits per heavy atom. The molecule has 0 saturated carbocycles. The van der Waals surface area contributed by atoms with Crippen LogP contribution in [0, 0.1) is 0 Å². The summed E-state index contributed by atoms with van der Waals surface area (Å²) in [5.74, 6) is -1.41. The van der Waals surface area contributed by atoms with Crippen LogP contribution in [0.15, 0.2) is 23.1 Å². The lowest BCUT2D eigenvalue weighted by atomic mass is 9.92. The SMILES string of the molecule is CC(O)C(NS(=O)(=O)c1ccc2c(c1)CCCC2)C(=O)O. The first-order valence-electron chi connectivity index (χ1n) is 6.86. The van der Waals surface area contributed by atoms with Crippen LogP contribution in [0.1, 0.15) is 30.9 Å². The molecule has 0 fully saturated rings. The Balaban J connectivity index is 2.29. The summed E-state index contributed by atoms with van der Waals surface area (Å²) in [5.41, 5.74) is 2.14. The number of fused-ring (bicyclic) bond motifs is 1. The van der Waals surface area contributed by atoms with Crippen LogP contribution in [-0.4, -0.2) is 36.7 Å². The summed E-state index contributed by atoms with van der Waals surface area (Å²) >= 11 is 0. The molecule has 0 saturated heterocycles. The molecule has 0 radical (unpaired) electrons. The molecule has 2 atom stereocenters. The minimum atomic E-state index is -3.97. The minimum Gasteiger partial charge on any atom is -0.480 e. The van der Waals surface area contributed by atoms with Gasteiger partial charge in [0, 0.05) is 0 Å². The van der Waals surface area contributed by atoms with Crippen LogP contribution in [0.4, 0.5) is 0 Å². The highest BCUT2D eigenvalue weighted by Crippen LogP contribution is 2.24. The van der Waals surface area contributed by atoms with Gasteiger partial charge in [0.05, 0.1) is 11.0 Å². The molecule has 0 aliphatic heterocycles. The van der Waals surface area contributed by atoms with Gasteiger partial charge in [-0.2, -0.15) is 4.72 Å². The highest BCUT2D eigenvalue weighted by Gasteiger charge is 2.29. The number of carbonyl (C=O) groups is 1. The number of carboxylic acids is 1. The lowest BCUT2D eigenvalue weighted by molar-refractivity contribution is -0.141. The summed E-state index contributed by atoms with van der Waals surface area (Å²) < 4.78 is 26.5. The van der Waals surface area contributed by atoms with Gasteiger partial charge in [0.25, 0.3) is 0 Å². The molecule has 0 aromatic heterocycles. The smallest absolute Gasteiger partial charge is 0.324 e. The summed E-state index contributed by atoms with van der Waals surface area (Å²) in [6, 6.07) is 3.29. The van der Waals surface area contributed by atoms with Gasteiger partial charge in [-0.15, -0.1) is 0 Å². The molecule has 21 heavy (non-hydrogen) atoms. The number of sulfonamides is 1. The predicted octanol–water partition coefficient (Wildman–Crippen LogP) is 0.678. The number of nitrogens with one attached hydrogen (secondary N) is 1. The molecular formula is C14H19NO5S. The van der Waals surface area contributed by atoms with E-state index >= 15 is 0 Å². The standard InChI is InChI=1S/C14H19NO5S/c1-9(16)13(14(17)18)15-21(19,20)12-7-6-10-4-2-3-5-11(10)8-12/h6-9,13,15-16H,2-5H2,1H3,(H,17,18). The lowest BCUT2D eigenvalue weighted by Gasteiger charge is -2.19. The monoisotopic (exact) mass is 313 g/mol. The van der Waals surface area contributed by atoms with E-state index in [1.807, 2.05) is 4.72 Å². The zero-order valence-electron chi connectivity index (χ0n) is 11.7. The van der Waals surface area contributed by atoms with Gasteiger partial charge >= 0.3 is 5.97 Å². The Morgan fingerprint density at radius 1 is 1.24 bits per heavy atom. The summed E-state index contributed by atoms with van der Waals surface area (Å²) in [7, 11) is -3.97. The van der Waals surface area contributed by atoms with E-state index in [1.54, 1.807) is 12.1 Å².